The Balaban J connectivity index is 1.93. The Morgan fingerprint density at radius 2 is 1.59 bits per heavy atom. The molecule has 22 heavy (non-hydrogen) atoms. The molecule has 0 radical (unpaired) electrons. The van der Waals surface area contributed by atoms with Gasteiger partial charge in [0.05, 0.1) is 6.10 Å². The molecule has 1 aliphatic heterocycles. The van der Waals surface area contributed by atoms with Crippen LogP contribution in [0.4, 0.5) is 0 Å². The van der Waals surface area contributed by atoms with Gasteiger partial charge < -0.3 is 4.74 Å². The molecular formula is C18H19N3O. The Morgan fingerprint density at radius 1 is 1.00 bits per heavy atom. The number of ether oxygens (including phenoxy) is 1. The lowest BCUT2D eigenvalue weighted by Crippen LogP contribution is -2.33. The molecule has 4 heteroatoms. The molecule has 4 nitrogen and oxygen atoms in total. The van der Waals surface area contributed by atoms with Crippen LogP contribution in [0.25, 0.3) is 10.4 Å². The van der Waals surface area contributed by atoms with Gasteiger partial charge in [-0.3, -0.25) is 0 Å². The maximum Gasteiger partial charge on any atom is 0.0688 e. The molecule has 2 aromatic rings. The van der Waals surface area contributed by atoms with Gasteiger partial charge in [-0.05, 0) is 29.5 Å². The molecule has 2 atom stereocenters. The van der Waals surface area contributed by atoms with Gasteiger partial charge in [-0.15, -0.1) is 0 Å². The van der Waals surface area contributed by atoms with Crippen LogP contribution in [-0.2, 0) is 4.74 Å². The molecule has 1 saturated heterocycles. The summed E-state index contributed by atoms with van der Waals surface area (Å²) in [6.07, 6.45) is 1.60. The maximum atomic E-state index is 8.69. The van der Waals surface area contributed by atoms with Gasteiger partial charge in [0.1, 0.15) is 0 Å². The molecule has 0 bridgehead atoms. The number of nitrogens with zero attached hydrogens (tertiary/aromatic N) is 3. The molecule has 1 fully saturated rings. The fourth-order valence-electron chi connectivity index (χ4n) is 3.16. The minimum atomic E-state index is 0.0266. The first-order valence-electron chi connectivity index (χ1n) is 7.64. The summed E-state index contributed by atoms with van der Waals surface area (Å²) in [4.78, 5) is 2.97. The molecule has 0 N–H and O–H groups in total. The van der Waals surface area contributed by atoms with Crippen molar-refractivity contribution in [3.05, 3.63) is 82.2 Å². The number of rotatable bonds is 4. The van der Waals surface area contributed by atoms with Gasteiger partial charge in [0.15, 0.2) is 0 Å². The molecule has 3 rings (SSSR count). The number of hydrogen-bond donors (Lipinski definition) is 0. The number of hydrogen-bond acceptors (Lipinski definition) is 2. The predicted octanol–water partition coefficient (Wildman–Crippen LogP) is 4.68. The molecule has 1 aliphatic rings. The Morgan fingerprint density at radius 3 is 2.14 bits per heavy atom. The Bertz CT molecular complexity index is 598. The van der Waals surface area contributed by atoms with Crippen LogP contribution in [0.5, 0.6) is 0 Å². The van der Waals surface area contributed by atoms with Crippen molar-refractivity contribution in [2.24, 2.45) is 5.11 Å². The van der Waals surface area contributed by atoms with Crippen molar-refractivity contribution in [2.75, 3.05) is 6.61 Å². The zero-order chi connectivity index (χ0) is 15.2. The summed E-state index contributed by atoms with van der Waals surface area (Å²) in [7, 11) is 0. The van der Waals surface area contributed by atoms with Crippen molar-refractivity contribution in [1.82, 2.24) is 0 Å². The van der Waals surface area contributed by atoms with Crippen LogP contribution < -0.4 is 0 Å². The van der Waals surface area contributed by atoms with E-state index in [2.05, 4.69) is 58.6 Å². The van der Waals surface area contributed by atoms with E-state index in [0.717, 1.165) is 12.8 Å². The average molecular weight is 293 g/mol. The third-order valence-electron chi connectivity index (χ3n) is 4.19. The minimum Gasteiger partial charge on any atom is -0.377 e. The van der Waals surface area contributed by atoms with Gasteiger partial charge in [0.25, 0.3) is 0 Å². The molecule has 0 unspecified atom stereocenters. The van der Waals surface area contributed by atoms with E-state index < -0.39 is 0 Å². The third kappa shape index (κ3) is 3.30. The molecular weight excluding hydrogens is 274 g/mol. The Labute approximate surface area is 130 Å². The zero-order valence-corrected chi connectivity index (χ0v) is 12.4. The van der Waals surface area contributed by atoms with Gasteiger partial charge in [0.2, 0.25) is 0 Å². The molecule has 1 heterocycles. The van der Waals surface area contributed by atoms with E-state index in [1.54, 1.807) is 0 Å². The van der Waals surface area contributed by atoms with E-state index in [1.165, 1.54) is 11.1 Å². The molecule has 0 amide bonds. The first-order chi connectivity index (χ1) is 10.9. The van der Waals surface area contributed by atoms with E-state index >= 15 is 0 Å². The highest BCUT2D eigenvalue weighted by atomic mass is 16.5. The van der Waals surface area contributed by atoms with Crippen LogP contribution in [0.2, 0.25) is 0 Å². The summed E-state index contributed by atoms with van der Waals surface area (Å²) in [5.74, 6) is 0.166. The van der Waals surface area contributed by atoms with Gasteiger partial charge in [-0.1, -0.05) is 65.8 Å². The Kier molecular flexibility index (Phi) is 4.74. The van der Waals surface area contributed by atoms with Crippen LogP contribution in [-0.4, -0.2) is 18.8 Å². The van der Waals surface area contributed by atoms with E-state index in [1.807, 2.05) is 12.1 Å². The molecule has 0 saturated carbocycles. The number of azide groups is 1. The highest BCUT2D eigenvalue weighted by Crippen LogP contribution is 2.34. The first kappa shape index (κ1) is 14.6. The second-order valence-corrected chi connectivity index (χ2v) is 5.59. The van der Waals surface area contributed by atoms with Crippen molar-refractivity contribution in [2.45, 2.75) is 30.9 Å². The molecule has 0 spiro atoms. The summed E-state index contributed by atoms with van der Waals surface area (Å²) in [6, 6.07) is 20.8. The minimum absolute atomic E-state index is 0.0266. The van der Waals surface area contributed by atoms with Crippen LogP contribution in [0.1, 0.15) is 29.9 Å². The van der Waals surface area contributed by atoms with Crippen molar-refractivity contribution in [3.63, 3.8) is 0 Å². The van der Waals surface area contributed by atoms with Crippen LogP contribution in [0.15, 0.2) is 65.8 Å². The smallest absolute Gasteiger partial charge is 0.0688 e. The molecule has 112 valence electrons. The largest absolute Gasteiger partial charge is 0.377 e. The maximum absolute atomic E-state index is 8.69. The van der Waals surface area contributed by atoms with Gasteiger partial charge in [0, 0.05) is 23.5 Å². The highest BCUT2D eigenvalue weighted by molar-refractivity contribution is 5.34. The van der Waals surface area contributed by atoms with E-state index in [4.69, 9.17) is 10.3 Å². The number of benzene rings is 2. The van der Waals surface area contributed by atoms with Crippen LogP contribution >= 0.6 is 0 Å². The van der Waals surface area contributed by atoms with Crippen molar-refractivity contribution in [1.29, 1.82) is 0 Å². The normalized spacial score (nSPS) is 21.3. The molecule has 2 aromatic carbocycles. The predicted molar refractivity (Wildman–Crippen MR) is 86.6 cm³/mol. The fraction of sp³-hybridized carbons (Fsp3) is 0.333. The van der Waals surface area contributed by atoms with Gasteiger partial charge in [-0.25, -0.2) is 0 Å². The lowest BCUT2D eigenvalue weighted by Gasteiger charge is -2.33. The summed E-state index contributed by atoms with van der Waals surface area (Å²) in [5, 5.41) is 3.90. The van der Waals surface area contributed by atoms with Gasteiger partial charge in [-0.2, -0.15) is 0 Å². The topological polar surface area (TPSA) is 58.0 Å². The van der Waals surface area contributed by atoms with Crippen molar-refractivity contribution < 1.29 is 4.74 Å². The summed E-state index contributed by atoms with van der Waals surface area (Å²) in [6.45, 7) is 0.643. The summed E-state index contributed by atoms with van der Waals surface area (Å²) >= 11 is 0. The molecule has 0 aliphatic carbocycles. The lowest BCUT2D eigenvalue weighted by atomic mass is 9.83. The van der Waals surface area contributed by atoms with Gasteiger partial charge >= 0.3 is 0 Å². The molecule has 0 aromatic heterocycles. The summed E-state index contributed by atoms with van der Waals surface area (Å²) < 4.78 is 6.04. The second-order valence-electron chi connectivity index (χ2n) is 5.59. The summed E-state index contributed by atoms with van der Waals surface area (Å²) in [5.41, 5.74) is 11.2. The highest BCUT2D eigenvalue weighted by Gasteiger charge is 2.31. The average Bonchev–Trinajstić information content (AvgIpc) is 2.58. The second kappa shape index (κ2) is 7.12. The van der Waals surface area contributed by atoms with E-state index in [-0.39, 0.29) is 18.1 Å². The zero-order valence-electron chi connectivity index (χ0n) is 12.4. The SMILES string of the molecule is [N-]=[N+]=N[C@@H]1CCO[C@@H](C(c2ccccc2)c2ccccc2)C1. The Hall–Kier alpha value is -2.29. The fourth-order valence-corrected chi connectivity index (χ4v) is 3.16. The van der Waals surface area contributed by atoms with Crippen LogP contribution in [0, 0.1) is 0 Å². The monoisotopic (exact) mass is 293 g/mol. The van der Waals surface area contributed by atoms with Crippen molar-refractivity contribution >= 4 is 0 Å². The quantitative estimate of drug-likeness (QED) is 0.459. The van der Waals surface area contributed by atoms with Crippen molar-refractivity contribution in [3.8, 4) is 0 Å². The van der Waals surface area contributed by atoms with E-state index in [9.17, 15) is 0 Å². The standard InChI is InChI=1S/C18H19N3O/c19-21-20-16-11-12-22-17(13-16)18(14-7-3-1-4-8-14)15-9-5-2-6-10-15/h1-10,16-18H,11-13H2/t16-,17-/m1/s1. The van der Waals surface area contributed by atoms with Crippen LogP contribution in [0.3, 0.4) is 0 Å². The first-order valence-corrected chi connectivity index (χ1v) is 7.64. The third-order valence-corrected chi connectivity index (χ3v) is 4.19. The lowest BCUT2D eigenvalue weighted by molar-refractivity contribution is -0.00133. The van der Waals surface area contributed by atoms with E-state index in [0.29, 0.717) is 6.61 Å².